The minimum atomic E-state index is 0.763. The zero-order chi connectivity index (χ0) is 15.1. The molecule has 0 N–H and O–H groups in total. The van der Waals surface area contributed by atoms with Gasteiger partial charge in [-0.1, -0.05) is 6.92 Å². The first-order valence-electron chi connectivity index (χ1n) is 7.92. The summed E-state index contributed by atoms with van der Waals surface area (Å²) in [6.07, 6.45) is 4.06. The lowest BCUT2D eigenvalue weighted by atomic mass is 10.1. The highest BCUT2D eigenvalue weighted by molar-refractivity contribution is 5.02. The van der Waals surface area contributed by atoms with Crippen LogP contribution >= 0.6 is 0 Å². The molecule has 0 aromatic carbocycles. The largest absolute Gasteiger partial charge is 0.383 e. The summed E-state index contributed by atoms with van der Waals surface area (Å²) < 4.78 is 5.15. The third-order valence-corrected chi connectivity index (χ3v) is 4.06. The van der Waals surface area contributed by atoms with Crippen LogP contribution in [-0.4, -0.2) is 66.7 Å². The number of likely N-dealkylation sites (tertiary alicyclic amines) is 1. The van der Waals surface area contributed by atoms with Crippen LogP contribution in [0.15, 0.2) is 12.3 Å². The van der Waals surface area contributed by atoms with E-state index < -0.39 is 0 Å². The Hall–Kier alpha value is -1.04. The normalized spacial score (nSPS) is 19.5. The van der Waals surface area contributed by atoms with Gasteiger partial charge in [0.25, 0.3) is 0 Å². The van der Waals surface area contributed by atoms with Crippen molar-refractivity contribution in [2.24, 2.45) is 5.92 Å². The van der Waals surface area contributed by atoms with Crippen molar-refractivity contribution in [3.8, 4) is 0 Å². The molecule has 0 saturated carbocycles. The Balaban J connectivity index is 1.75. The van der Waals surface area contributed by atoms with Gasteiger partial charge < -0.3 is 14.5 Å². The van der Waals surface area contributed by atoms with Crippen LogP contribution in [0.3, 0.4) is 0 Å². The number of rotatable bonds is 8. The topological polar surface area (TPSA) is 41.5 Å². The predicted molar refractivity (Wildman–Crippen MR) is 84.2 cm³/mol. The number of aromatic nitrogens is 2. The van der Waals surface area contributed by atoms with Gasteiger partial charge in [-0.25, -0.2) is 9.97 Å². The third-order valence-electron chi connectivity index (χ3n) is 4.06. The standard InChI is InChI=1S/C16H28N4O/c1-4-16-17-7-5-15(18-16)13-19(2)11-14-6-8-20(12-14)9-10-21-3/h5,7,14H,4,6,8-13H2,1-3H3. The van der Waals surface area contributed by atoms with Crippen LogP contribution in [-0.2, 0) is 17.7 Å². The molecule has 0 amide bonds. The van der Waals surface area contributed by atoms with Crippen LogP contribution < -0.4 is 0 Å². The summed E-state index contributed by atoms with van der Waals surface area (Å²) in [7, 11) is 3.96. The minimum Gasteiger partial charge on any atom is -0.383 e. The monoisotopic (exact) mass is 292 g/mol. The highest BCUT2D eigenvalue weighted by atomic mass is 16.5. The second-order valence-electron chi connectivity index (χ2n) is 5.96. The van der Waals surface area contributed by atoms with Gasteiger partial charge in [-0.15, -0.1) is 0 Å². The zero-order valence-electron chi connectivity index (χ0n) is 13.6. The molecular formula is C16H28N4O. The molecule has 118 valence electrons. The number of ether oxygens (including phenoxy) is 1. The fourth-order valence-electron chi connectivity index (χ4n) is 2.97. The number of methoxy groups -OCH3 is 1. The number of nitrogens with zero attached hydrogens (tertiary/aromatic N) is 4. The van der Waals surface area contributed by atoms with Crippen molar-refractivity contribution < 1.29 is 4.74 Å². The van der Waals surface area contributed by atoms with Crippen LogP contribution in [0.5, 0.6) is 0 Å². The van der Waals surface area contributed by atoms with Crippen LogP contribution in [0.2, 0.25) is 0 Å². The summed E-state index contributed by atoms with van der Waals surface area (Å²) in [5.74, 6) is 1.70. The molecule has 2 heterocycles. The van der Waals surface area contributed by atoms with Gasteiger partial charge >= 0.3 is 0 Å². The van der Waals surface area contributed by atoms with E-state index in [1.165, 1.54) is 19.5 Å². The fraction of sp³-hybridized carbons (Fsp3) is 0.750. The molecule has 0 spiro atoms. The molecule has 1 aliphatic rings. The molecule has 2 rings (SSSR count). The molecule has 0 bridgehead atoms. The first-order chi connectivity index (χ1) is 10.2. The average molecular weight is 292 g/mol. The molecular weight excluding hydrogens is 264 g/mol. The molecule has 1 aliphatic heterocycles. The summed E-state index contributed by atoms with van der Waals surface area (Å²) >= 11 is 0. The van der Waals surface area contributed by atoms with Crippen molar-refractivity contribution in [2.45, 2.75) is 26.3 Å². The maximum absolute atomic E-state index is 5.15. The van der Waals surface area contributed by atoms with Crippen LogP contribution in [0, 0.1) is 5.92 Å². The van der Waals surface area contributed by atoms with Crippen molar-refractivity contribution in [1.29, 1.82) is 0 Å². The van der Waals surface area contributed by atoms with E-state index in [2.05, 4.69) is 33.7 Å². The second-order valence-corrected chi connectivity index (χ2v) is 5.96. The van der Waals surface area contributed by atoms with Gasteiger partial charge in [0.2, 0.25) is 0 Å². The van der Waals surface area contributed by atoms with Gasteiger partial charge in [-0.2, -0.15) is 0 Å². The van der Waals surface area contributed by atoms with E-state index in [1.54, 1.807) is 7.11 Å². The Morgan fingerprint density at radius 3 is 3.10 bits per heavy atom. The Morgan fingerprint density at radius 2 is 2.33 bits per heavy atom. The van der Waals surface area contributed by atoms with Gasteiger partial charge in [-0.05, 0) is 32.0 Å². The molecule has 0 radical (unpaired) electrons. The zero-order valence-corrected chi connectivity index (χ0v) is 13.6. The fourth-order valence-corrected chi connectivity index (χ4v) is 2.97. The lowest BCUT2D eigenvalue weighted by Crippen LogP contribution is -2.29. The summed E-state index contributed by atoms with van der Waals surface area (Å²) in [4.78, 5) is 13.7. The molecule has 1 aromatic heterocycles. The van der Waals surface area contributed by atoms with E-state index in [1.807, 2.05) is 12.3 Å². The maximum Gasteiger partial charge on any atom is 0.128 e. The van der Waals surface area contributed by atoms with E-state index >= 15 is 0 Å². The predicted octanol–water partition coefficient (Wildman–Crippen LogP) is 1.44. The van der Waals surface area contributed by atoms with Crippen molar-refractivity contribution in [3.05, 3.63) is 23.8 Å². The molecule has 1 fully saturated rings. The Labute approximate surface area is 128 Å². The number of hydrogen-bond donors (Lipinski definition) is 0. The second kappa shape index (κ2) is 8.41. The van der Waals surface area contributed by atoms with E-state index in [0.717, 1.165) is 50.1 Å². The average Bonchev–Trinajstić information content (AvgIpc) is 2.92. The summed E-state index contributed by atoms with van der Waals surface area (Å²) in [5, 5.41) is 0. The highest BCUT2D eigenvalue weighted by Crippen LogP contribution is 2.17. The maximum atomic E-state index is 5.15. The van der Waals surface area contributed by atoms with Crippen molar-refractivity contribution >= 4 is 0 Å². The lowest BCUT2D eigenvalue weighted by Gasteiger charge is -2.21. The van der Waals surface area contributed by atoms with Gasteiger partial charge in [0.05, 0.1) is 12.3 Å². The molecule has 1 saturated heterocycles. The smallest absolute Gasteiger partial charge is 0.128 e. The molecule has 5 nitrogen and oxygen atoms in total. The van der Waals surface area contributed by atoms with Crippen LogP contribution in [0.4, 0.5) is 0 Å². The molecule has 1 aromatic rings. The first-order valence-corrected chi connectivity index (χ1v) is 7.92. The Morgan fingerprint density at radius 1 is 1.48 bits per heavy atom. The quantitative estimate of drug-likeness (QED) is 0.725. The summed E-state index contributed by atoms with van der Waals surface area (Å²) in [5.41, 5.74) is 1.12. The summed E-state index contributed by atoms with van der Waals surface area (Å²) in [6, 6.07) is 2.02. The van der Waals surface area contributed by atoms with E-state index in [0.29, 0.717) is 0 Å². The van der Waals surface area contributed by atoms with E-state index in [9.17, 15) is 0 Å². The SMILES string of the molecule is CCc1nccc(CN(C)CC2CCN(CCOC)C2)n1. The first kappa shape index (κ1) is 16.3. The van der Waals surface area contributed by atoms with Crippen LogP contribution in [0.1, 0.15) is 24.9 Å². The molecule has 0 aliphatic carbocycles. The van der Waals surface area contributed by atoms with Crippen molar-refractivity contribution in [1.82, 2.24) is 19.8 Å². The van der Waals surface area contributed by atoms with Gasteiger partial charge in [0.1, 0.15) is 5.82 Å². The van der Waals surface area contributed by atoms with E-state index in [4.69, 9.17) is 4.74 Å². The van der Waals surface area contributed by atoms with E-state index in [-0.39, 0.29) is 0 Å². The van der Waals surface area contributed by atoms with Gasteiger partial charge in [-0.3, -0.25) is 0 Å². The Bertz CT molecular complexity index is 426. The molecule has 1 unspecified atom stereocenters. The minimum absolute atomic E-state index is 0.763. The number of aryl methyl sites for hydroxylation is 1. The molecule has 1 atom stereocenters. The molecule has 5 heteroatoms. The van der Waals surface area contributed by atoms with Gasteiger partial charge in [0.15, 0.2) is 0 Å². The van der Waals surface area contributed by atoms with Crippen molar-refractivity contribution in [3.63, 3.8) is 0 Å². The third kappa shape index (κ3) is 5.34. The Kier molecular flexibility index (Phi) is 6.54. The van der Waals surface area contributed by atoms with Gasteiger partial charge in [0, 0.05) is 45.9 Å². The summed E-state index contributed by atoms with van der Waals surface area (Å²) in [6.45, 7) is 8.42. The van der Waals surface area contributed by atoms with Crippen molar-refractivity contribution in [2.75, 3.05) is 46.9 Å². The molecule has 21 heavy (non-hydrogen) atoms. The highest BCUT2D eigenvalue weighted by Gasteiger charge is 2.23. The lowest BCUT2D eigenvalue weighted by molar-refractivity contribution is 0.157. The van der Waals surface area contributed by atoms with Crippen LogP contribution in [0.25, 0.3) is 0 Å². The number of hydrogen-bond acceptors (Lipinski definition) is 5.